The first-order valence-electron chi connectivity index (χ1n) is 9.26. The van der Waals surface area contributed by atoms with Crippen molar-refractivity contribution < 1.29 is 14.4 Å². The first-order valence-corrected chi connectivity index (χ1v) is 9.26. The molecule has 5 nitrogen and oxygen atoms in total. The first-order chi connectivity index (χ1) is 13.9. The summed E-state index contributed by atoms with van der Waals surface area (Å²) in [5.41, 5.74) is 3.21. The number of hydrogen-bond donors (Lipinski definition) is 1. The highest BCUT2D eigenvalue weighted by atomic mass is 16.2. The Hall–Kier alpha value is -3.73. The second-order valence-corrected chi connectivity index (χ2v) is 6.81. The summed E-state index contributed by atoms with van der Waals surface area (Å²) in [4.78, 5) is 38.0. The Morgan fingerprint density at radius 3 is 1.90 bits per heavy atom. The second-order valence-electron chi connectivity index (χ2n) is 6.81. The fourth-order valence-corrected chi connectivity index (χ4v) is 2.91. The fourth-order valence-electron chi connectivity index (χ4n) is 2.91. The van der Waals surface area contributed by atoms with Crippen molar-refractivity contribution in [3.63, 3.8) is 0 Å². The van der Waals surface area contributed by atoms with Crippen LogP contribution < -0.4 is 5.32 Å². The molecule has 0 heterocycles. The quantitative estimate of drug-likeness (QED) is 0.638. The van der Waals surface area contributed by atoms with Crippen molar-refractivity contribution in [3.8, 4) is 0 Å². The number of Topliss-reactive ketones (excluding diaryl/α,β-unsaturated/α-hetero) is 1. The Morgan fingerprint density at radius 2 is 1.31 bits per heavy atom. The van der Waals surface area contributed by atoms with Crippen LogP contribution in [0.1, 0.15) is 43.6 Å². The van der Waals surface area contributed by atoms with E-state index in [1.807, 2.05) is 30.3 Å². The van der Waals surface area contributed by atoms with E-state index in [9.17, 15) is 14.4 Å². The number of benzene rings is 3. The predicted molar refractivity (Wildman–Crippen MR) is 113 cm³/mol. The zero-order valence-corrected chi connectivity index (χ0v) is 16.4. The molecule has 3 aromatic rings. The summed E-state index contributed by atoms with van der Waals surface area (Å²) in [6.07, 6.45) is 0. The molecule has 3 rings (SSSR count). The molecule has 1 N–H and O–H groups in total. The van der Waals surface area contributed by atoms with Gasteiger partial charge < -0.3 is 10.2 Å². The highest BCUT2D eigenvalue weighted by Crippen LogP contribution is 2.14. The van der Waals surface area contributed by atoms with E-state index in [4.69, 9.17) is 0 Å². The minimum absolute atomic E-state index is 0.0274. The minimum Gasteiger partial charge on any atom is -0.337 e. The molecule has 0 bridgehead atoms. The van der Waals surface area contributed by atoms with Gasteiger partial charge in [0.2, 0.25) is 0 Å². The van der Waals surface area contributed by atoms with E-state index in [-0.39, 0.29) is 17.6 Å². The van der Waals surface area contributed by atoms with Crippen LogP contribution in [0, 0.1) is 0 Å². The van der Waals surface area contributed by atoms with Gasteiger partial charge in [0.05, 0.1) is 0 Å². The molecule has 0 radical (unpaired) electrons. The molecule has 0 aliphatic rings. The van der Waals surface area contributed by atoms with E-state index in [1.165, 1.54) is 6.92 Å². The highest BCUT2D eigenvalue weighted by molar-refractivity contribution is 6.05. The zero-order valence-electron chi connectivity index (χ0n) is 16.4. The van der Waals surface area contributed by atoms with Gasteiger partial charge in [-0.3, -0.25) is 14.4 Å². The van der Waals surface area contributed by atoms with Crippen molar-refractivity contribution in [3.05, 3.63) is 101 Å². The molecule has 3 aromatic carbocycles. The second kappa shape index (κ2) is 8.97. The third kappa shape index (κ3) is 5.17. The lowest BCUT2D eigenvalue weighted by Crippen LogP contribution is -2.26. The molecular weight excluding hydrogens is 364 g/mol. The number of ketones is 1. The van der Waals surface area contributed by atoms with Crippen LogP contribution in [0.15, 0.2) is 78.9 Å². The molecule has 0 unspecified atom stereocenters. The molecule has 0 saturated heterocycles. The van der Waals surface area contributed by atoms with Crippen LogP contribution >= 0.6 is 0 Å². The van der Waals surface area contributed by atoms with Gasteiger partial charge in [-0.25, -0.2) is 0 Å². The average molecular weight is 386 g/mol. The van der Waals surface area contributed by atoms with Crippen molar-refractivity contribution in [2.24, 2.45) is 0 Å². The van der Waals surface area contributed by atoms with Crippen LogP contribution in [0.5, 0.6) is 0 Å². The van der Waals surface area contributed by atoms with Crippen molar-refractivity contribution >= 4 is 23.3 Å². The molecule has 0 spiro atoms. The van der Waals surface area contributed by atoms with Gasteiger partial charge in [-0.05, 0) is 61.0 Å². The molecule has 0 fully saturated rings. The van der Waals surface area contributed by atoms with Gasteiger partial charge in [-0.15, -0.1) is 0 Å². The third-order valence-corrected chi connectivity index (χ3v) is 4.55. The molecule has 2 amide bonds. The van der Waals surface area contributed by atoms with Gasteiger partial charge in [-0.2, -0.15) is 0 Å². The van der Waals surface area contributed by atoms with Crippen molar-refractivity contribution in [1.82, 2.24) is 4.90 Å². The van der Waals surface area contributed by atoms with Gasteiger partial charge in [0.25, 0.3) is 11.8 Å². The summed E-state index contributed by atoms with van der Waals surface area (Å²) >= 11 is 0. The van der Waals surface area contributed by atoms with E-state index < -0.39 is 0 Å². The molecule has 0 saturated carbocycles. The summed E-state index contributed by atoms with van der Waals surface area (Å²) in [5, 5.41) is 2.78. The number of hydrogen-bond acceptors (Lipinski definition) is 3. The van der Waals surface area contributed by atoms with E-state index in [2.05, 4.69) is 5.32 Å². The van der Waals surface area contributed by atoms with Crippen LogP contribution in [0.25, 0.3) is 0 Å². The molecule has 29 heavy (non-hydrogen) atoms. The summed E-state index contributed by atoms with van der Waals surface area (Å²) in [6, 6.07) is 23.0. The summed E-state index contributed by atoms with van der Waals surface area (Å²) in [7, 11) is 1.75. The zero-order chi connectivity index (χ0) is 20.8. The Bertz CT molecular complexity index is 1010. The lowest BCUT2D eigenvalue weighted by molar-refractivity contribution is 0.0784. The summed E-state index contributed by atoms with van der Waals surface area (Å²) < 4.78 is 0. The first kappa shape index (κ1) is 20.0. The smallest absolute Gasteiger partial charge is 0.255 e. The standard InChI is InChI=1S/C24H22N2O3/c1-17(27)19-12-14-22(15-13-19)25-23(28)20-8-10-21(11-9-20)24(29)26(2)16-18-6-4-3-5-7-18/h3-15H,16H2,1-2H3,(H,25,28). The van der Waals surface area contributed by atoms with E-state index in [0.717, 1.165) is 5.56 Å². The van der Waals surface area contributed by atoms with Gasteiger partial charge in [0, 0.05) is 36.0 Å². The number of carbonyl (C=O) groups is 3. The Labute approximate surface area is 170 Å². The maximum atomic E-state index is 12.6. The molecule has 0 aromatic heterocycles. The van der Waals surface area contributed by atoms with Crippen LogP contribution in [-0.2, 0) is 6.54 Å². The Balaban J connectivity index is 1.63. The maximum Gasteiger partial charge on any atom is 0.255 e. The molecule has 0 aliphatic heterocycles. The van der Waals surface area contributed by atoms with Crippen LogP contribution in [0.3, 0.4) is 0 Å². The molecule has 0 atom stereocenters. The molecule has 5 heteroatoms. The monoisotopic (exact) mass is 386 g/mol. The Morgan fingerprint density at radius 1 is 0.759 bits per heavy atom. The summed E-state index contributed by atoms with van der Waals surface area (Å²) in [5.74, 6) is -0.418. The minimum atomic E-state index is -0.280. The summed E-state index contributed by atoms with van der Waals surface area (Å²) in [6.45, 7) is 2.01. The average Bonchev–Trinajstić information content (AvgIpc) is 2.74. The molecule has 146 valence electrons. The number of anilines is 1. The van der Waals surface area contributed by atoms with Crippen molar-refractivity contribution in [2.75, 3.05) is 12.4 Å². The van der Waals surface area contributed by atoms with Crippen LogP contribution in [0.4, 0.5) is 5.69 Å². The maximum absolute atomic E-state index is 12.6. The lowest BCUT2D eigenvalue weighted by atomic mass is 10.1. The SMILES string of the molecule is CC(=O)c1ccc(NC(=O)c2ccc(C(=O)N(C)Cc3ccccc3)cc2)cc1. The topological polar surface area (TPSA) is 66.5 Å². The van der Waals surface area contributed by atoms with Crippen molar-refractivity contribution in [2.45, 2.75) is 13.5 Å². The number of rotatable bonds is 6. The highest BCUT2D eigenvalue weighted by Gasteiger charge is 2.13. The number of nitrogens with zero attached hydrogens (tertiary/aromatic N) is 1. The van der Waals surface area contributed by atoms with Gasteiger partial charge in [0.15, 0.2) is 5.78 Å². The van der Waals surface area contributed by atoms with Crippen LogP contribution in [-0.4, -0.2) is 29.5 Å². The molecule has 0 aliphatic carbocycles. The normalized spacial score (nSPS) is 10.3. The van der Waals surface area contributed by atoms with E-state index >= 15 is 0 Å². The lowest BCUT2D eigenvalue weighted by Gasteiger charge is -2.17. The van der Waals surface area contributed by atoms with Crippen LogP contribution in [0.2, 0.25) is 0 Å². The van der Waals surface area contributed by atoms with Gasteiger partial charge in [0.1, 0.15) is 0 Å². The number of carbonyl (C=O) groups excluding carboxylic acids is 3. The third-order valence-electron chi connectivity index (χ3n) is 4.55. The Kier molecular flexibility index (Phi) is 6.19. The van der Waals surface area contributed by atoms with Gasteiger partial charge in [-0.1, -0.05) is 30.3 Å². The predicted octanol–water partition coefficient (Wildman–Crippen LogP) is 4.41. The molecular formula is C24H22N2O3. The largest absolute Gasteiger partial charge is 0.337 e. The van der Waals surface area contributed by atoms with Gasteiger partial charge >= 0.3 is 0 Å². The number of nitrogens with one attached hydrogen (secondary N) is 1. The van der Waals surface area contributed by atoms with E-state index in [0.29, 0.717) is 28.9 Å². The van der Waals surface area contributed by atoms with E-state index in [1.54, 1.807) is 60.5 Å². The fraction of sp³-hybridized carbons (Fsp3) is 0.125. The van der Waals surface area contributed by atoms with Crippen molar-refractivity contribution in [1.29, 1.82) is 0 Å². The number of amides is 2.